The molecule has 0 bridgehead atoms. The molecule has 37 heavy (non-hydrogen) atoms. The van der Waals surface area contributed by atoms with Gasteiger partial charge in [0.25, 0.3) is 0 Å². The Kier molecular flexibility index (Phi) is 8.06. The Hall–Kier alpha value is -2.37. The molecule has 0 saturated heterocycles. The molecule has 1 saturated carbocycles. The van der Waals surface area contributed by atoms with Gasteiger partial charge in [0.15, 0.2) is 5.82 Å². The van der Waals surface area contributed by atoms with Crippen LogP contribution in [0.25, 0.3) is 6.08 Å². The van der Waals surface area contributed by atoms with E-state index >= 15 is 0 Å². The number of rotatable bonds is 6. The highest BCUT2D eigenvalue weighted by Gasteiger charge is 2.45. The van der Waals surface area contributed by atoms with Crippen molar-refractivity contribution in [3.8, 4) is 0 Å². The van der Waals surface area contributed by atoms with E-state index in [2.05, 4.69) is 92.7 Å². The van der Waals surface area contributed by atoms with E-state index in [4.69, 9.17) is 23.2 Å². The minimum atomic E-state index is -0.359. The number of nitrogens with zero attached hydrogens (tertiary/aromatic N) is 4. The van der Waals surface area contributed by atoms with Gasteiger partial charge < -0.3 is 5.32 Å². The van der Waals surface area contributed by atoms with Crippen LogP contribution in [-0.2, 0) is 5.54 Å². The number of hydrogen-bond acceptors (Lipinski definition) is 4. The van der Waals surface area contributed by atoms with E-state index in [1.807, 2.05) is 29.0 Å². The lowest BCUT2D eigenvalue weighted by Crippen LogP contribution is -2.44. The standard InChI is InChI=1S/C30H39Cl2N5/c1-28(2,3)22-16-18-30(19-17-22,33-24-10-8-7-9-11-24)27-34-35-36-37(27)26(29(4,5)6)15-13-21-12-14-23(31)20-25(21)32/h7-15,20,22,26,33H,16-19H2,1-6H3/b15-13-/t22?,26-,30?/m0/s1. The molecule has 4 rings (SSSR count). The van der Waals surface area contributed by atoms with Crippen molar-refractivity contribution < 1.29 is 0 Å². The first-order valence-corrected chi connectivity index (χ1v) is 13.9. The fourth-order valence-corrected chi connectivity index (χ4v) is 5.91. The van der Waals surface area contributed by atoms with E-state index in [9.17, 15) is 0 Å². The maximum Gasteiger partial charge on any atom is 0.177 e. The van der Waals surface area contributed by atoms with E-state index < -0.39 is 0 Å². The molecule has 7 heteroatoms. The van der Waals surface area contributed by atoms with Gasteiger partial charge in [0.1, 0.15) is 0 Å². The minimum Gasteiger partial charge on any atom is -0.373 e. The Balaban J connectivity index is 1.75. The lowest BCUT2D eigenvalue weighted by atomic mass is 9.67. The molecule has 0 radical (unpaired) electrons. The van der Waals surface area contributed by atoms with Gasteiger partial charge in [-0.05, 0) is 82.7 Å². The molecule has 1 heterocycles. The van der Waals surface area contributed by atoms with Crippen LogP contribution in [0.1, 0.15) is 84.7 Å². The van der Waals surface area contributed by atoms with Gasteiger partial charge in [0, 0.05) is 15.7 Å². The third-order valence-electron chi connectivity index (χ3n) is 7.71. The number of para-hydroxylation sites is 1. The summed E-state index contributed by atoms with van der Waals surface area (Å²) in [4.78, 5) is 0. The van der Waals surface area contributed by atoms with Crippen molar-refractivity contribution in [3.63, 3.8) is 0 Å². The van der Waals surface area contributed by atoms with E-state index in [1.165, 1.54) is 0 Å². The molecule has 0 spiro atoms. The topological polar surface area (TPSA) is 55.6 Å². The summed E-state index contributed by atoms with van der Waals surface area (Å²) in [6.45, 7) is 13.7. The molecule has 1 fully saturated rings. The van der Waals surface area contributed by atoms with Crippen LogP contribution in [0, 0.1) is 16.7 Å². The van der Waals surface area contributed by atoms with E-state index in [1.54, 1.807) is 6.07 Å². The van der Waals surface area contributed by atoms with Crippen LogP contribution in [0.2, 0.25) is 10.0 Å². The zero-order chi connectivity index (χ0) is 26.8. The first kappa shape index (κ1) is 27.7. The fraction of sp³-hybridized carbons (Fsp3) is 0.500. The largest absolute Gasteiger partial charge is 0.373 e. The molecular formula is C30H39Cl2N5. The quantitative estimate of drug-likeness (QED) is 0.339. The monoisotopic (exact) mass is 539 g/mol. The molecule has 1 N–H and O–H groups in total. The van der Waals surface area contributed by atoms with Crippen molar-refractivity contribution in [2.24, 2.45) is 16.7 Å². The molecule has 1 atom stereocenters. The molecule has 1 aliphatic carbocycles. The summed E-state index contributed by atoms with van der Waals surface area (Å²) in [6, 6.07) is 15.9. The summed E-state index contributed by atoms with van der Waals surface area (Å²) in [6.07, 6.45) is 8.38. The van der Waals surface area contributed by atoms with E-state index in [-0.39, 0.29) is 22.4 Å². The number of tetrazole rings is 1. The Bertz CT molecular complexity index is 1210. The molecule has 3 aromatic rings. The van der Waals surface area contributed by atoms with Gasteiger partial charge in [-0.1, -0.05) is 101 Å². The normalized spacial score (nSPS) is 21.8. The van der Waals surface area contributed by atoms with Crippen molar-refractivity contribution in [1.82, 2.24) is 20.2 Å². The van der Waals surface area contributed by atoms with Crippen molar-refractivity contribution in [2.45, 2.75) is 78.8 Å². The number of hydrogen-bond donors (Lipinski definition) is 1. The second-order valence-corrected chi connectivity index (χ2v) is 13.3. The molecule has 5 nitrogen and oxygen atoms in total. The fourth-order valence-electron chi connectivity index (χ4n) is 5.44. The average Bonchev–Trinajstić information content (AvgIpc) is 3.30. The van der Waals surface area contributed by atoms with Crippen LogP contribution in [0.3, 0.4) is 0 Å². The number of allylic oxidation sites excluding steroid dienone is 1. The van der Waals surface area contributed by atoms with Gasteiger partial charge in [-0.3, -0.25) is 0 Å². The summed E-state index contributed by atoms with van der Waals surface area (Å²) >= 11 is 12.6. The molecular weight excluding hydrogens is 501 g/mol. The maximum atomic E-state index is 6.48. The van der Waals surface area contributed by atoms with Gasteiger partial charge in [0.05, 0.1) is 11.6 Å². The van der Waals surface area contributed by atoms with Gasteiger partial charge in [-0.25, -0.2) is 4.68 Å². The Morgan fingerprint density at radius 1 is 1.00 bits per heavy atom. The van der Waals surface area contributed by atoms with E-state index in [0.29, 0.717) is 16.0 Å². The van der Waals surface area contributed by atoms with Gasteiger partial charge in [-0.15, -0.1) is 5.10 Å². The molecule has 1 aromatic heterocycles. The highest BCUT2D eigenvalue weighted by molar-refractivity contribution is 6.35. The van der Waals surface area contributed by atoms with Crippen LogP contribution in [-0.4, -0.2) is 20.2 Å². The Morgan fingerprint density at radius 2 is 1.68 bits per heavy atom. The zero-order valence-corrected chi connectivity index (χ0v) is 24.3. The lowest BCUT2D eigenvalue weighted by molar-refractivity contribution is 0.133. The predicted octanol–water partition coefficient (Wildman–Crippen LogP) is 8.82. The van der Waals surface area contributed by atoms with Crippen molar-refractivity contribution in [3.05, 3.63) is 76.0 Å². The van der Waals surface area contributed by atoms with Crippen molar-refractivity contribution in [2.75, 3.05) is 5.32 Å². The number of benzene rings is 2. The summed E-state index contributed by atoms with van der Waals surface area (Å²) < 4.78 is 2.02. The van der Waals surface area contributed by atoms with Gasteiger partial charge >= 0.3 is 0 Å². The van der Waals surface area contributed by atoms with Gasteiger partial charge in [0.2, 0.25) is 0 Å². The summed E-state index contributed by atoms with van der Waals surface area (Å²) in [5, 5.41) is 18.6. The maximum absolute atomic E-state index is 6.48. The van der Waals surface area contributed by atoms with Crippen LogP contribution >= 0.6 is 23.2 Å². The Labute approximate surface area is 231 Å². The van der Waals surface area contributed by atoms with Crippen molar-refractivity contribution >= 4 is 35.0 Å². The SMILES string of the molecule is CC(C)(C)C1CCC(Nc2ccccc2)(c2nnnn2[C@@H](/C=C\c2ccc(Cl)cc2Cl)C(C)(C)C)CC1. The van der Waals surface area contributed by atoms with E-state index in [0.717, 1.165) is 42.8 Å². The molecule has 0 unspecified atom stereocenters. The predicted molar refractivity (Wildman–Crippen MR) is 155 cm³/mol. The molecule has 0 aliphatic heterocycles. The summed E-state index contributed by atoms with van der Waals surface area (Å²) in [7, 11) is 0. The molecule has 1 aliphatic rings. The Morgan fingerprint density at radius 3 is 2.27 bits per heavy atom. The number of anilines is 1. The number of aromatic nitrogens is 4. The summed E-state index contributed by atoms with van der Waals surface area (Å²) in [5.74, 6) is 1.54. The van der Waals surface area contributed by atoms with Crippen molar-refractivity contribution in [1.29, 1.82) is 0 Å². The average molecular weight is 541 g/mol. The minimum absolute atomic E-state index is 0.0842. The van der Waals surface area contributed by atoms with Crippen LogP contribution in [0.4, 0.5) is 5.69 Å². The zero-order valence-electron chi connectivity index (χ0n) is 22.8. The van der Waals surface area contributed by atoms with Gasteiger partial charge in [-0.2, -0.15) is 0 Å². The highest BCUT2D eigenvalue weighted by atomic mass is 35.5. The summed E-state index contributed by atoms with van der Waals surface area (Å²) in [5.41, 5.74) is 1.77. The van der Waals surface area contributed by atoms with Crippen LogP contribution < -0.4 is 5.32 Å². The second kappa shape index (κ2) is 10.8. The number of halogens is 2. The first-order valence-electron chi connectivity index (χ1n) is 13.1. The third-order valence-corrected chi connectivity index (χ3v) is 8.28. The first-order chi connectivity index (χ1) is 17.4. The lowest BCUT2D eigenvalue weighted by Gasteiger charge is -2.45. The smallest absolute Gasteiger partial charge is 0.177 e. The second-order valence-electron chi connectivity index (χ2n) is 12.5. The molecule has 0 amide bonds. The highest BCUT2D eigenvalue weighted by Crippen LogP contribution is 2.47. The van der Waals surface area contributed by atoms with Crippen LogP contribution in [0.15, 0.2) is 54.6 Å². The molecule has 198 valence electrons. The van der Waals surface area contributed by atoms with Crippen LogP contribution in [0.5, 0.6) is 0 Å². The molecule has 2 aromatic carbocycles. The number of nitrogens with one attached hydrogen (secondary N) is 1. The third kappa shape index (κ3) is 6.38.